The number of carbonyl (C=O) groups is 2. The highest BCUT2D eigenvalue weighted by molar-refractivity contribution is 6.06. The van der Waals surface area contributed by atoms with E-state index in [4.69, 9.17) is 0 Å². The molecule has 0 radical (unpaired) electrons. The van der Waals surface area contributed by atoms with Crippen LogP contribution in [0, 0.1) is 0 Å². The lowest BCUT2D eigenvalue weighted by atomic mass is 10.1. The second-order valence-electron chi connectivity index (χ2n) is 4.00. The van der Waals surface area contributed by atoms with Crippen molar-refractivity contribution in [2.45, 2.75) is 20.3 Å². The van der Waals surface area contributed by atoms with Crippen LogP contribution in [0.25, 0.3) is 5.69 Å². The monoisotopic (exact) mass is 242 g/mol. The first kappa shape index (κ1) is 12.2. The molecular weight excluding hydrogens is 228 g/mol. The van der Waals surface area contributed by atoms with Gasteiger partial charge in [0, 0.05) is 19.5 Å². The summed E-state index contributed by atoms with van der Waals surface area (Å²) >= 11 is 0. The van der Waals surface area contributed by atoms with Gasteiger partial charge in [-0.25, -0.2) is 4.68 Å². The average molecular weight is 242 g/mol. The largest absolute Gasteiger partial charge is 0.294 e. The lowest BCUT2D eigenvalue weighted by molar-refractivity contribution is 0.0964. The average Bonchev–Trinajstić information content (AvgIpc) is 2.84. The van der Waals surface area contributed by atoms with Gasteiger partial charge in [-0.15, -0.1) is 0 Å². The maximum absolute atomic E-state index is 11.8. The molecule has 1 aromatic carbocycles. The SMILES string of the molecule is CCC(=O)c1cn(-c2ccccc2)nc1C(C)=O. The van der Waals surface area contributed by atoms with Crippen LogP contribution in [0.4, 0.5) is 0 Å². The number of ketones is 2. The molecule has 4 nitrogen and oxygen atoms in total. The summed E-state index contributed by atoms with van der Waals surface area (Å²) in [6.45, 7) is 3.19. The summed E-state index contributed by atoms with van der Waals surface area (Å²) in [4.78, 5) is 23.3. The minimum absolute atomic E-state index is 0.0672. The summed E-state index contributed by atoms with van der Waals surface area (Å²) in [5, 5.41) is 4.20. The molecule has 0 saturated carbocycles. The Morgan fingerprint density at radius 3 is 2.44 bits per heavy atom. The fraction of sp³-hybridized carbons (Fsp3) is 0.214. The maximum Gasteiger partial charge on any atom is 0.180 e. The van der Waals surface area contributed by atoms with Gasteiger partial charge in [0.05, 0.1) is 11.3 Å². The Bertz CT molecular complexity index is 585. The maximum atomic E-state index is 11.8. The van der Waals surface area contributed by atoms with Crippen LogP contribution in [0.2, 0.25) is 0 Å². The third-order valence-corrected chi connectivity index (χ3v) is 2.69. The number of hydrogen-bond acceptors (Lipinski definition) is 3. The molecule has 0 aliphatic heterocycles. The number of rotatable bonds is 4. The van der Waals surface area contributed by atoms with Crippen molar-refractivity contribution in [1.82, 2.24) is 9.78 Å². The number of nitrogens with zero attached hydrogens (tertiary/aromatic N) is 2. The van der Waals surface area contributed by atoms with Gasteiger partial charge >= 0.3 is 0 Å². The smallest absolute Gasteiger partial charge is 0.180 e. The van der Waals surface area contributed by atoms with E-state index in [2.05, 4.69) is 5.10 Å². The summed E-state index contributed by atoms with van der Waals surface area (Å²) in [6, 6.07) is 9.41. The zero-order valence-electron chi connectivity index (χ0n) is 10.4. The van der Waals surface area contributed by atoms with Gasteiger partial charge in [0.15, 0.2) is 11.6 Å². The first-order valence-corrected chi connectivity index (χ1v) is 5.82. The molecule has 0 aliphatic carbocycles. The van der Waals surface area contributed by atoms with E-state index in [0.717, 1.165) is 5.69 Å². The van der Waals surface area contributed by atoms with Crippen molar-refractivity contribution in [3.63, 3.8) is 0 Å². The minimum Gasteiger partial charge on any atom is -0.294 e. The Balaban J connectivity index is 2.53. The topological polar surface area (TPSA) is 52.0 Å². The second-order valence-corrected chi connectivity index (χ2v) is 4.00. The number of benzene rings is 1. The molecule has 0 atom stereocenters. The third kappa shape index (κ3) is 2.22. The van der Waals surface area contributed by atoms with Gasteiger partial charge in [-0.1, -0.05) is 25.1 Å². The van der Waals surface area contributed by atoms with Crippen molar-refractivity contribution >= 4 is 11.6 Å². The van der Waals surface area contributed by atoms with E-state index >= 15 is 0 Å². The first-order valence-electron chi connectivity index (χ1n) is 5.82. The van der Waals surface area contributed by atoms with Crippen LogP contribution in [0.5, 0.6) is 0 Å². The van der Waals surface area contributed by atoms with E-state index in [1.807, 2.05) is 30.3 Å². The molecule has 1 heterocycles. The Kier molecular flexibility index (Phi) is 3.37. The van der Waals surface area contributed by atoms with Crippen molar-refractivity contribution in [2.24, 2.45) is 0 Å². The van der Waals surface area contributed by atoms with Gasteiger partial charge in [-0.3, -0.25) is 9.59 Å². The van der Waals surface area contributed by atoms with Gasteiger partial charge in [0.2, 0.25) is 0 Å². The summed E-state index contributed by atoms with van der Waals surface area (Å²) in [6.07, 6.45) is 1.98. The first-order chi connectivity index (χ1) is 8.63. The number of aromatic nitrogens is 2. The second kappa shape index (κ2) is 4.96. The van der Waals surface area contributed by atoms with Crippen molar-refractivity contribution in [2.75, 3.05) is 0 Å². The van der Waals surface area contributed by atoms with Crippen LogP contribution >= 0.6 is 0 Å². The van der Waals surface area contributed by atoms with E-state index in [1.165, 1.54) is 6.92 Å². The molecule has 0 spiro atoms. The summed E-state index contributed by atoms with van der Waals surface area (Å²) in [5.41, 5.74) is 1.47. The zero-order valence-corrected chi connectivity index (χ0v) is 10.4. The van der Waals surface area contributed by atoms with Gasteiger partial charge in [-0.05, 0) is 12.1 Å². The molecule has 0 aliphatic rings. The summed E-state index contributed by atoms with van der Waals surface area (Å²) < 4.78 is 1.57. The van der Waals surface area contributed by atoms with Gasteiger partial charge in [0.1, 0.15) is 5.69 Å². The molecule has 0 bridgehead atoms. The highest BCUT2D eigenvalue weighted by atomic mass is 16.1. The van der Waals surface area contributed by atoms with Crippen LogP contribution in [-0.2, 0) is 0 Å². The normalized spacial score (nSPS) is 10.3. The lowest BCUT2D eigenvalue weighted by Gasteiger charge is -1.98. The fourth-order valence-electron chi connectivity index (χ4n) is 1.74. The molecule has 92 valence electrons. The summed E-state index contributed by atoms with van der Waals surface area (Å²) in [7, 11) is 0. The van der Waals surface area contributed by atoms with Crippen LogP contribution in [-0.4, -0.2) is 21.3 Å². The molecular formula is C14H14N2O2. The molecule has 0 saturated heterocycles. The van der Waals surface area contributed by atoms with E-state index in [9.17, 15) is 9.59 Å². The minimum atomic E-state index is -0.193. The molecule has 0 fully saturated rings. The number of para-hydroxylation sites is 1. The van der Waals surface area contributed by atoms with Crippen molar-refractivity contribution < 1.29 is 9.59 Å². The van der Waals surface area contributed by atoms with Gasteiger partial charge in [-0.2, -0.15) is 5.10 Å². The Hall–Kier alpha value is -2.23. The van der Waals surface area contributed by atoms with Crippen LogP contribution in [0.1, 0.15) is 41.1 Å². The zero-order chi connectivity index (χ0) is 13.1. The lowest BCUT2D eigenvalue weighted by Crippen LogP contribution is -2.04. The quantitative estimate of drug-likeness (QED) is 0.774. The van der Waals surface area contributed by atoms with Gasteiger partial charge in [0.25, 0.3) is 0 Å². The molecule has 2 rings (SSSR count). The number of hydrogen-bond donors (Lipinski definition) is 0. The molecule has 0 N–H and O–H groups in total. The van der Waals surface area contributed by atoms with Crippen molar-refractivity contribution in [3.05, 3.63) is 47.8 Å². The third-order valence-electron chi connectivity index (χ3n) is 2.69. The molecule has 0 unspecified atom stereocenters. The standard InChI is InChI=1S/C14H14N2O2/c1-3-13(18)12-9-16(15-14(12)10(2)17)11-7-5-4-6-8-11/h4-9H,3H2,1-2H3. The molecule has 1 aromatic heterocycles. The summed E-state index contributed by atoms with van der Waals surface area (Å²) in [5.74, 6) is -0.260. The van der Waals surface area contributed by atoms with Crippen LogP contribution < -0.4 is 0 Å². The van der Waals surface area contributed by atoms with Crippen molar-refractivity contribution in [1.29, 1.82) is 0 Å². The van der Waals surface area contributed by atoms with E-state index < -0.39 is 0 Å². The number of carbonyl (C=O) groups excluding carboxylic acids is 2. The van der Waals surface area contributed by atoms with E-state index in [1.54, 1.807) is 17.8 Å². The van der Waals surface area contributed by atoms with Crippen LogP contribution in [0.3, 0.4) is 0 Å². The van der Waals surface area contributed by atoms with E-state index in [-0.39, 0.29) is 17.3 Å². The molecule has 4 heteroatoms. The molecule has 2 aromatic rings. The Labute approximate surface area is 105 Å². The molecule has 0 amide bonds. The highest BCUT2D eigenvalue weighted by Gasteiger charge is 2.18. The van der Waals surface area contributed by atoms with E-state index in [0.29, 0.717) is 12.0 Å². The number of Topliss-reactive ketones (excluding diaryl/α,β-unsaturated/α-hetero) is 2. The molecule has 18 heavy (non-hydrogen) atoms. The highest BCUT2D eigenvalue weighted by Crippen LogP contribution is 2.14. The van der Waals surface area contributed by atoms with Crippen molar-refractivity contribution in [3.8, 4) is 5.69 Å². The van der Waals surface area contributed by atoms with Crippen LogP contribution in [0.15, 0.2) is 36.5 Å². The fourth-order valence-corrected chi connectivity index (χ4v) is 1.74. The predicted octanol–water partition coefficient (Wildman–Crippen LogP) is 2.67. The van der Waals surface area contributed by atoms with Gasteiger partial charge < -0.3 is 0 Å². The Morgan fingerprint density at radius 2 is 1.89 bits per heavy atom. The predicted molar refractivity (Wildman–Crippen MR) is 68.2 cm³/mol. The Morgan fingerprint density at radius 1 is 1.22 bits per heavy atom.